The minimum Gasteiger partial charge on any atom is -0.466 e. The largest absolute Gasteiger partial charge is 0.466 e. The first kappa shape index (κ1) is 17.0. The first-order chi connectivity index (χ1) is 11.7. The molecule has 1 saturated heterocycles. The highest BCUT2D eigenvalue weighted by Crippen LogP contribution is 2.33. The average molecular weight is 325 g/mol. The van der Waals surface area contributed by atoms with Gasteiger partial charge in [0.25, 0.3) is 0 Å². The lowest BCUT2D eigenvalue weighted by Crippen LogP contribution is -2.42. The molecule has 1 aliphatic rings. The van der Waals surface area contributed by atoms with E-state index < -0.39 is 0 Å². The summed E-state index contributed by atoms with van der Waals surface area (Å²) >= 11 is 0. The number of carbonyl (C=O) groups excluding carboxylic acids is 1. The molecular formula is C21H27NO2. The number of ether oxygens (including phenoxy) is 1. The van der Waals surface area contributed by atoms with Gasteiger partial charge in [-0.25, -0.2) is 0 Å². The predicted octanol–water partition coefficient (Wildman–Crippen LogP) is 4.71. The van der Waals surface area contributed by atoms with Crippen molar-refractivity contribution in [1.82, 2.24) is 4.90 Å². The van der Waals surface area contributed by atoms with E-state index in [2.05, 4.69) is 54.3 Å². The Morgan fingerprint density at radius 1 is 1.21 bits per heavy atom. The Labute approximate surface area is 144 Å². The zero-order valence-corrected chi connectivity index (χ0v) is 14.7. The van der Waals surface area contributed by atoms with E-state index in [1.807, 2.05) is 6.92 Å². The highest BCUT2D eigenvalue weighted by atomic mass is 16.5. The molecule has 3 heteroatoms. The lowest BCUT2D eigenvalue weighted by molar-refractivity contribution is -0.145. The molecule has 0 N–H and O–H groups in total. The first-order valence-corrected chi connectivity index (χ1v) is 9.09. The number of carbonyl (C=O) groups is 1. The Kier molecular flexibility index (Phi) is 5.52. The van der Waals surface area contributed by atoms with Crippen molar-refractivity contribution in [3.63, 3.8) is 0 Å². The lowest BCUT2D eigenvalue weighted by Gasteiger charge is -2.40. The van der Waals surface area contributed by atoms with Gasteiger partial charge in [0, 0.05) is 12.1 Å². The third kappa shape index (κ3) is 3.62. The summed E-state index contributed by atoms with van der Waals surface area (Å²) in [6.07, 6.45) is 3.98. The zero-order chi connectivity index (χ0) is 16.9. The summed E-state index contributed by atoms with van der Waals surface area (Å²) in [5, 5.41) is 2.59. The van der Waals surface area contributed by atoms with Crippen LogP contribution < -0.4 is 0 Å². The van der Waals surface area contributed by atoms with E-state index >= 15 is 0 Å². The van der Waals surface area contributed by atoms with Gasteiger partial charge in [-0.3, -0.25) is 9.69 Å². The monoisotopic (exact) mass is 325 g/mol. The fourth-order valence-corrected chi connectivity index (χ4v) is 3.96. The van der Waals surface area contributed by atoms with Crippen LogP contribution in [0.15, 0.2) is 42.5 Å². The minimum atomic E-state index is -0.0699. The quantitative estimate of drug-likeness (QED) is 0.746. The molecule has 0 saturated carbocycles. The van der Waals surface area contributed by atoms with Crippen LogP contribution in [0.5, 0.6) is 0 Å². The molecule has 2 aromatic rings. The molecule has 0 radical (unpaired) electrons. The van der Waals surface area contributed by atoms with Crippen molar-refractivity contribution < 1.29 is 9.53 Å². The van der Waals surface area contributed by atoms with Crippen molar-refractivity contribution >= 4 is 16.7 Å². The van der Waals surface area contributed by atoms with E-state index in [0.717, 1.165) is 13.0 Å². The molecule has 0 aliphatic carbocycles. The van der Waals surface area contributed by atoms with Crippen LogP contribution in [-0.4, -0.2) is 30.1 Å². The molecule has 0 aromatic heterocycles. The fourth-order valence-electron chi connectivity index (χ4n) is 3.96. The normalized spacial score (nSPS) is 20.0. The maximum atomic E-state index is 12.0. The van der Waals surface area contributed by atoms with Crippen molar-refractivity contribution in [1.29, 1.82) is 0 Å². The second kappa shape index (κ2) is 7.80. The third-order valence-corrected chi connectivity index (χ3v) is 5.15. The van der Waals surface area contributed by atoms with Crippen molar-refractivity contribution in [2.24, 2.45) is 0 Å². The number of hydrogen-bond donors (Lipinski definition) is 0. The molecule has 2 aromatic carbocycles. The molecule has 0 amide bonds. The number of esters is 1. The van der Waals surface area contributed by atoms with Crippen LogP contribution in [0.4, 0.5) is 0 Å². The van der Waals surface area contributed by atoms with E-state index in [1.165, 1.54) is 29.2 Å². The van der Waals surface area contributed by atoms with Crippen LogP contribution in [0.2, 0.25) is 0 Å². The van der Waals surface area contributed by atoms with Gasteiger partial charge in [-0.15, -0.1) is 0 Å². The Morgan fingerprint density at radius 3 is 2.83 bits per heavy atom. The fraction of sp³-hybridized carbons (Fsp3) is 0.476. The maximum Gasteiger partial charge on any atom is 0.307 e. The summed E-state index contributed by atoms with van der Waals surface area (Å²) in [6, 6.07) is 15.7. The number of likely N-dealkylation sites (tertiary alicyclic amines) is 1. The molecule has 0 unspecified atom stereocenters. The number of fused-ring (bicyclic) bond motifs is 1. The topological polar surface area (TPSA) is 29.5 Å². The highest BCUT2D eigenvalue weighted by Gasteiger charge is 2.29. The van der Waals surface area contributed by atoms with Crippen LogP contribution in [-0.2, 0) is 9.53 Å². The third-order valence-electron chi connectivity index (χ3n) is 5.15. The molecule has 0 bridgehead atoms. The first-order valence-electron chi connectivity index (χ1n) is 9.09. The van der Waals surface area contributed by atoms with Crippen molar-refractivity contribution in [3.8, 4) is 0 Å². The second-order valence-electron chi connectivity index (χ2n) is 6.64. The SMILES string of the molecule is CCOC(=O)C[C@@H]1CCCCN1[C@@H](C)c1cccc2ccccc12. The molecule has 128 valence electrons. The summed E-state index contributed by atoms with van der Waals surface area (Å²) in [4.78, 5) is 14.5. The second-order valence-corrected chi connectivity index (χ2v) is 6.64. The van der Waals surface area contributed by atoms with Gasteiger partial charge in [-0.2, -0.15) is 0 Å². The van der Waals surface area contributed by atoms with Gasteiger partial charge in [0.1, 0.15) is 0 Å². The van der Waals surface area contributed by atoms with Crippen LogP contribution >= 0.6 is 0 Å². The van der Waals surface area contributed by atoms with Crippen molar-refractivity contribution in [3.05, 3.63) is 48.0 Å². The summed E-state index contributed by atoms with van der Waals surface area (Å²) in [6.45, 7) is 5.65. The van der Waals surface area contributed by atoms with E-state index in [0.29, 0.717) is 19.1 Å². The van der Waals surface area contributed by atoms with Gasteiger partial charge in [-0.05, 0) is 49.6 Å². The zero-order valence-electron chi connectivity index (χ0n) is 14.7. The van der Waals surface area contributed by atoms with E-state index in [4.69, 9.17) is 4.74 Å². The maximum absolute atomic E-state index is 12.0. The van der Waals surface area contributed by atoms with Gasteiger partial charge in [-0.1, -0.05) is 48.9 Å². The number of piperidine rings is 1. The molecule has 1 aliphatic heterocycles. The Morgan fingerprint density at radius 2 is 2.00 bits per heavy atom. The summed E-state index contributed by atoms with van der Waals surface area (Å²) in [5.74, 6) is -0.0699. The molecule has 3 rings (SSSR count). The molecule has 0 spiro atoms. The standard InChI is InChI=1S/C21H27NO2/c1-3-24-21(23)15-18-11-6-7-14-22(18)16(2)19-13-8-10-17-9-4-5-12-20(17)19/h4-5,8-10,12-13,16,18H,3,6-7,11,14-15H2,1-2H3/t16-,18-/m0/s1. The van der Waals surface area contributed by atoms with Gasteiger partial charge in [0.05, 0.1) is 13.0 Å². The molecule has 2 atom stereocenters. The minimum absolute atomic E-state index is 0.0699. The van der Waals surface area contributed by atoms with Crippen molar-refractivity contribution in [2.75, 3.05) is 13.2 Å². The van der Waals surface area contributed by atoms with Crippen molar-refractivity contribution in [2.45, 2.75) is 51.6 Å². The lowest BCUT2D eigenvalue weighted by atomic mass is 9.93. The molecular weight excluding hydrogens is 298 g/mol. The van der Waals surface area contributed by atoms with Gasteiger partial charge in [0.2, 0.25) is 0 Å². The number of rotatable bonds is 5. The Hall–Kier alpha value is -1.87. The van der Waals surface area contributed by atoms with Crippen LogP contribution in [0.25, 0.3) is 10.8 Å². The molecule has 1 heterocycles. The van der Waals surface area contributed by atoms with Crippen LogP contribution in [0.3, 0.4) is 0 Å². The summed E-state index contributed by atoms with van der Waals surface area (Å²) in [7, 11) is 0. The van der Waals surface area contributed by atoms with E-state index in [-0.39, 0.29) is 12.0 Å². The molecule has 24 heavy (non-hydrogen) atoms. The molecule has 1 fully saturated rings. The molecule has 3 nitrogen and oxygen atoms in total. The average Bonchev–Trinajstić information content (AvgIpc) is 2.61. The number of nitrogens with zero attached hydrogens (tertiary/aromatic N) is 1. The van der Waals surface area contributed by atoms with Crippen LogP contribution in [0, 0.1) is 0 Å². The predicted molar refractivity (Wildman–Crippen MR) is 98.0 cm³/mol. The van der Waals surface area contributed by atoms with Gasteiger partial charge in [0.15, 0.2) is 0 Å². The smallest absolute Gasteiger partial charge is 0.307 e. The van der Waals surface area contributed by atoms with E-state index in [1.54, 1.807) is 0 Å². The van der Waals surface area contributed by atoms with Gasteiger partial charge < -0.3 is 4.74 Å². The number of hydrogen-bond acceptors (Lipinski definition) is 3. The number of benzene rings is 2. The summed E-state index contributed by atoms with van der Waals surface area (Å²) in [5.41, 5.74) is 1.35. The van der Waals surface area contributed by atoms with Gasteiger partial charge >= 0.3 is 5.97 Å². The van der Waals surface area contributed by atoms with Crippen LogP contribution in [0.1, 0.15) is 51.1 Å². The van der Waals surface area contributed by atoms with E-state index in [9.17, 15) is 4.79 Å². The summed E-state index contributed by atoms with van der Waals surface area (Å²) < 4.78 is 5.18. The Bertz CT molecular complexity index is 692. The Balaban J connectivity index is 1.85. The highest BCUT2D eigenvalue weighted by molar-refractivity contribution is 5.86.